The van der Waals surface area contributed by atoms with Crippen molar-refractivity contribution in [2.75, 3.05) is 18.5 Å². The number of hydrogen-bond donors (Lipinski definition) is 2. The van der Waals surface area contributed by atoms with Crippen molar-refractivity contribution in [3.63, 3.8) is 0 Å². The second kappa shape index (κ2) is 10.6. The van der Waals surface area contributed by atoms with Crippen LogP contribution in [0.15, 0.2) is 77.7 Å². The lowest BCUT2D eigenvalue weighted by Gasteiger charge is -2.28. The average Bonchev–Trinajstić information content (AvgIpc) is 3.60. The molecule has 0 radical (unpaired) electrons. The first-order valence-electron chi connectivity index (χ1n) is 12.7. The van der Waals surface area contributed by atoms with E-state index in [1.54, 1.807) is 24.3 Å². The highest BCUT2D eigenvalue weighted by Gasteiger charge is 2.42. The number of carbonyl (C=O) groups is 1. The van der Waals surface area contributed by atoms with Gasteiger partial charge < -0.3 is 10.4 Å². The highest BCUT2D eigenvalue weighted by Crippen LogP contribution is 2.42. The first kappa shape index (κ1) is 25.9. The minimum absolute atomic E-state index is 0.0186. The Bertz CT molecular complexity index is 1370. The number of amides is 1. The van der Waals surface area contributed by atoms with Crippen LogP contribution in [0.4, 0.5) is 5.69 Å². The van der Waals surface area contributed by atoms with Gasteiger partial charge in [0.15, 0.2) is 0 Å². The molecule has 1 saturated carbocycles. The first-order chi connectivity index (χ1) is 17.8. The van der Waals surface area contributed by atoms with Crippen LogP contribution in [0.2, 0.25) is 5.02 Å². The molecule has 3 aromatic carbocycles. The van der Waals surface area contributed by atoms with Gasteiger partial charge >= 0.3 is 0 Å². The number of rotatable bonds is 7. The molecule has 0 unspecified atom stereocenters. The maximum Gasteiger partial charge on any atom is 0.243 e. The van der Waals surface area contributed by atoms with E-state index < -0.39 is 15.4 Å². The summed E-state index contributed by atoms with van der Waals surface area (Å²) in [5, 5.41) is 13.3. The first-order valence-corrected chi connectivity index (χ1v) is 14.6. The van der Waals surface area contributed by atoms with Crippen molar-refractivity contribution in [2.45, 2.75) is 54.9 Å². The molecule has 8 heteroatoms. The third kappa shape index (κ3) is 5.06. The Morgan fingerprint density at radius 1 is 0.973 bits per heavy atom. The predicted octanol–water partition coefficient (Wildman–Crippen LogP) is 5.60. The molecular formula is C29H31ClN2O4S. The maximum atomic E-state index is 13.6. The molecule has 2 N–H and O–H groups in total. The Kier molecular flexibility index (Phi) is 7.41. The van der Waals surface area contributed by atoms with E-state index in [-0.39, 0.29) is 23.5 Å². The molecule has 0 bridgehead atoms. The third-order valence-electron chi connectivity index (χ3n) is 7.74. The molecule has 6 nitrogen and oxygen atoms in total. The molecule has 3 aromatic rings. The molecular weight excluding hydrogens is 508 g/mol. The van der Waals surface area contributed by atoms with Gasteiger partial charge in [-0.1, -0.05) is 60.8 Å². The van der Waals surface area contributed by atoms with Crippen molar-refractivity contribution in [1.82, 2.24) is 4.31 Å². The molecule has 5 rings (SSSR count). The Labute approximate surface area is 223 Å². The van der Waals surface area contributed by atoms with E-state index in [1.807, 2.05) is 48.5 Å². The van der Waals surface area contributed by atoms with Gasteiger partial charge in [-0.15, -0.1) is 0 Å². The van der Waals surface area contributed by atoms with Gasteiger partial charge in [0.25, 0.3) is 0 Å². The Morgan fingerprint density at radius 2 is 1.68 bits per heavy atom. The van der Waals surface area contributed by atoms with Crippen LogP contribution in [-0.2, 0) is 20.2 Å². The lowest BCUT2D eigenvalue weighted by molar-refractivity contribution is -0.121. The summed E-state index contributed by atoms with van der Waals surface area (Å²) in [6.45, 7) is 0.254. The van der Waals surface area contributed by atoms with Crippen LogP contribution in [0.1, 0.15) is 44.1 Å². The molecule has 1 atom stereocenters. The summed E-state index contributed by atoms with van der Waals surface area (Å²) in [5.41, 5.74) is 2.84. The SMILES string of the molecule is O=C(Nc1cccc(-c2ccc(S(=O)(=O)N3CCC[C@@H]3CO)cc2)c1)C1(c2ccc(Cl)cc2)CCCC1. The number of halogens is 1. The standard InChI is InChI=1S/C29H31ClN2O4S/c30-24-12-10-23(11-13-24)29(16-1-2-17-29)28(34)31-25-6-3-5-22(19-25)21-8-14-27(15-9-21)37(35,36)32-18-4-7-26(32)20-33/h3,5-6,8-15,19,26,33H,1-2,4,7,16-18,20H2,(H,31,34)/t26-/m1/s1. The highest BCUT2D eigenvalue weighted by molar-refractivity contribution is 7.89. The van der Waals surface area contributed by atoms with Crippen molar-refractivity contribution >= 4 is 33.2 Å². The van der Waals surface area contributed by atoms with Gasteiger partial charge in [0, 0.05) is 23.3 Å². The summed E-state index contributed by atoms with van der Waals surface area (Å²) in [5.74, 6) is -0.0186. The average molecular weight is 539 g/mol. The third-order valence-corrected chi connectivity index (χ3v) is 9.96. The topological polar surface area (TPSA) is 86.7 Å². The van der Waals surface area contributed by atoms with Crippen molar-refractivity contribution in [3.8, 4) is 11.1 Å². The zero-order valence-electron chi connectivity index (χ0n) is 20.6. The molecule has 0 spiro atoms. The number of nitrogens with zero attached hydrogens (tertiary/aromatic N) is 1. The fourth-order valence-electron chi connectivity index (χ4n) is 5.68. The molecule has 1 aliphatic carbocycles. The zero-order chi connectivity index (χ0) is 26.0. The molecule has 1 saturated heterocycles. The molecule has 194 valence electrons. The number of aliphatic hydroxyl groups is 1. The van der Waals surface area contributed by atoms with Crippen molar-refractivity contribution in [1.29, 1.82) is 0 Å². The molecule has 1 heterocycles. The van der Waals surface area contributed by atoms with Gasteiger partial charge in [0.05, 0.1) is 16.9 Å². The quantitative estimate of drug-likeness (QED) is 0.410. The van der Waals surface area contributed by atoms with Crippen LogP contribution in [-0.4, -0.2) is 42.9 Å². The Balaban J connectivity index is 1.36. The number of hydrogen-bond acceptors (Lipinski definition) is 4. The summed E-state index contributed by atoms with van der Waals surface area (Å²) in [6.07, 6.45) is 5.02. The monoisotopic (exact) mass is 538 g/mol. The fourth-order valence-corrected chi connectivity index (χ4v) is 7.50. The smallest absolute Gasteiger partial charge is 0.243 e. The molecule has 1 aliphatic heterocycles. The van der Waals surface area contributed by atoms with Gasteiger partial charge in [-0.3, -0.25) is 4.79 Å². The van der Waals surface area contributed by atoms with Crippen LogP contribution >= 0.6 is 11.6 Å². The van der Waals surface area contributed by atoms with E-state index >= 15 is 0 Å². The zero-order valence-corrected chi connectivity index (χ0v) is 22.1. The van der Waals surface area contributed by atoms with Gasteiger partial charge in [-0.25, -0.2) is 8.42 Å². The second-order valence-electron chi connectivity index (χ2n) is 9.95. The van der Waals surface area contributed by atoms with Gasteiger partial charge in [-0.2, -0.15) is 4.31 Å². The predicted molar refractivity (Wildman–Crippen MR) is 146 cm³/mol. The van der Waals surface area contributed by atoms with Crippen LogP contribution in [0.25, 0.3) is 11.1 Å². The summed E-state index contributed by atoms with van der Waals surface area (Å²) in [4.78, 5) is 13.8. The van der Waals surface area contributed by atoms with Crippen LogP contribution in [0, 0.1) is 0 Å². The lowest BCUT2D eigenvalue weighted by atomic mass is 9.78. The normalized spacial score (nSPS) is 19.7. The van der Waals surface area contributed by atoms with Gasteiger partial charge in [0.1, 0.15) is 0 Å². The van der Waals surface area contributed by atoms with Crippen molar-refractivity contribution < 1.29 is 18.3 Å². The lowest BCUT2D eigenvalue weighted by Crippen LogP contribution is -2.38. The summed E-state index contributed by atoms with van der Waals surface area (Å²) >= 11 is 6.08. The molecule has 0 aromatic heterocycles. The number of carbonyl (C=O) groups excluding carboxylic acids is 1. The van der Waals surface area contributed by atoms with Crippen LogP contribution < -0.4 is 5.32 Å². The van der Waals surface area contributed by atoms with Crippen LogP contribution in [0.3, 0.4) is 0 Å². The van der Waals surface area contributed by atoms with E-state index in [2.05, 4.69) is 5.32 Å². The number of benzene rings is 3. The molecule has 2 fully saturated rings. The minimum Gasteiger partial charge on any atom is -0.395 e. The van der Waals surface area contributed by atoms with E-state index in [9.17, 15) is 18.3 Å². The summed E-state index contributed by atoms with van der Waals surface area (Å²) < 4.78 is 27.6. The van der Waals surface area contributed by atoms with Gasteiger partial charge in [-0.05, 0) is 78.8 Å². The summed E-state index contributed by atoms with van der Waals surface area (Å²) in [7, 11) is -3.66. The number of nitrogens with one attached hydrogen (secondary N) is 1. The number of anilines is 1. The second-order valence-corrected chi connectivity index (χ2v) is 12.3. The molecule has 1 amide bonds. The Morgan fingerprint density at radius 3 is 2.35 bits per heavy atom. The number of aliphatic hydroxyl groups excluding tert-OH is 1. The van der Waals surface area contributed by atoms with Crippen molar-refractivity contribution in [2.24, 2.45) is 0 Å². The van der Waals surface area contributed by atoms with E-state index in [0.29, 0.717) is 23.7 Å². The molecule has 37 heavy (non-hydrogen) atoms. The Hall–Kier alpha value is -2.71. The highest BCUT2D eigenvalue weighted by atomic mass is 35.5. The summed E-state index contributed by atoms with van der Waals surface area (Å²) in [6, 6.07) is 21.6. The largest absolute Gasteiger partial charge is 0.395 e. The van der Waals surface area contributed by atoms with Gasteiger partial charge in [0.2, 0.25) is 15.9 Å². The van der Waals surface area contributed by atoms with Crippen molar-refractivity contribution in [3.05, 3.63) is 83.4 Å². The number of sulfonamides is 1. The minimum atomic E-state index is -3.66. The fraction of sp³-hybridized carbons (Fsp3) is 0.345. The van der Waals surface area contributed by atoms with E-state index in [1.165, 1.54) is 4.31 Å². The van der Waals surface area contributed by atoms with Crippen LogP contribution in [0.5, 0.6) is 0 Å². The van der Waals surface area contributed by atoms with E-state index in [0.717, 1.165) is 48.8 Å². The molecule has 2 aliphatic rings. The van der Waals surface area contributed by atoms with E-state index in [4.69, 9.17) is 11.6 Å². The maximum absolute atomic E-state index is 13.6.